The van der Waals surface area contributed by atoms with Crippen molar-refractivity contribution in [3.8, 4) is 0 Å². The SMILES string of the molecule is C=C[C@]1(C)C[C@@H](OC(=O)COS(C)(=O)=O)[C@]2(C)CC[C@@H](C)[C@@]3(CCC(=O)[C@@H]23)[C@@H](C)[C@@H]1O. The Balaban J connectivity index is 2.07. The van der Waals surface area contributed by atoms with Crippen molar-refractivity contribution in [2.24, 2.45) is 34.0 Å². The molecule has 31 heavy (non-hydrogen) atoms. The number of carbonyl (C=O) groups excluding carboxylic acids is 2. The minimum atomic E-state index is -3.79. The highest BCUT2D eigenvalue weighted by Gasteiger charge is 2.68. The van der Waals surface area contributed by atoms with Crippen molar-refractivity contribution in [3.63, 3.8) is 0 Å². The third-order valence-corrected chi connectivity index (χ3v) is 9.39. The Bertz CT molecular complexity index is 867. The zero-order valence-corrected chi connectivity index (χ0v) is 20.0. The van der Waals surface area contributed by atoms with Gasteiger partial charge in [-0.1, -0.05) is 33.8 Å². The van der Waals surface area contributed by atoms with Gasteiger partial charge in [0.15, 0.2) is 6.61 Å². The first-order valence-electron chi connectivity index (χ1n) is 11.1. The molecule has 0 amide bonds. The highest BCUT2D eigenvalue weighted by Crippen LogP contribution is 2.68. The molecule has 176 valence electrons. The van der Waals surface area contributed by atoms with Crippen LogP contribution < -0.4 is 0 Å². The van der Waals surface area contributed by atoms with Crippen molar-refractivity contribution < 1.29 is 32.0 Å². The average molecular weight is 457 g/mol. The Morgan fingerprint density at radius 2 is 1.94 bits per heavy atom. The summed E-state index contributed by atoms with van der Waals surface area (Å²) in [5.74, 6) is -0.813. The number of carbonyl (C=O) groups is 2. The van der Waals surface area contributed by atoms with Gasteiger partial charge in [-0.25, -0.2) is 4.79 Å². The van der Waals surface area contributed by atoms with Gasteiger partial charge in [0.25, 0.3) is 10.1 Å². The lowest BCUT2D eigenvalue weighted by molar-refractivity contribution is -0.205. The molecule has 0 aromatic carbocycles. The van der Waals surface area contributed by atoms with Crippen molar-refractivity contribution in [2.45, 2.75) is 72.0 Å². The number of Topliss-reactive ketones (excluding diaryl/α,β-unsaturated/α-hetero) is 1. The van der Waals surface area contributed by atoms with Crippen LogP contribution >= 0.6 is 0 Å². The topological polar surface area (TPSA) is 107 Å². The minimum Gasteiger partial charge on any atom is -0.460 e. The predicted molar refractivity (Wildman–Crippen MR) is 115 cm³/mol. The van der Waals surface area contributed by atoms with Gasteiger partial charge >= 0.3 is 5.97 Å². The van der Waals surface area contributed by atoms with E-state index in [2.05, 4.69) is 17.7 Å². The maximum atomic E-state index is 13.3. The largest absolute Gasteiger partial charge is 0.460 e. The molecule has 3 rings (SSSR count). The van der Waals surface area contributed by atoms with E-state index in [1.807, 2.05) is 20.8 Å². The van der Waals surface area contributed by atoms with Gasteiger partial charge in [-0.2, -0.15) is 8.42 Å². The summed E-state index contributed by atoms with van der Waals surface area (Å²) in [6, 6.07) is 0. The standard InChI is InChI=1S/C23H36O7S/c1-7-21(4)12-17(30-18(25)13-29-31(6,27)28)22(5)10-8-14(2)23(15(3)20(21)26)11-9-16(24)19(22)23/h7,14-15,17,19-20,26H,1,8-13H2,2-6H3/t14-,15+,17-,19+,20+,21-,22+,23+/m1/s1. The van der Waals surface area contributed by atoms with Crippen molar-refractivity contribution in [1.29, 1.82) is 0 Å². The Morgan fingerprint density at radius 1 is 1.29 bits per heavy atom. The fourth-order valence-corrected chi connectivity index (χ4v) is 7.32. The lowest BCUT2D eigenvalue weighted by atomic mass is 9.43. The van der Waals surface area contributed by atoms with Gasteiger partial charge in [-0.05, 0) is 42.9 Å². The first-order valence-corrected chi connectivity index (χ1v) is 12.9. The number of hydrogen-bond acceptors (Lipinski definition) is 7. The first-order chi connectivity index (χ1) is 14.2. The smallest absolute Gasteiger partial charge is 0.333 e. The number of ketones is 1. The van der Waals surface area contributed by atoms with Crippen molar-refractivity contribution in [2.75, 3.05) is 12.9 Å². The van der Waals surface area contributed by atoms with Gasteiger partial charge in [0.05, 0.1) is 12.4 Å². The van der Waals surface area contributed by atoms with Gasteiger partial charge in [0, 0.05) is 23.2 Å². The van der Waals surface area contributed by atoms with Gasteiger partial charge in [-0.15, -0.1) is 6.58 Å². The lowest BCUT2D eigenvalue weighted by Crippen LogP contribution is -2.63. The van der Waals surface area contributed by atoms with E-state index >= 15 is 0 Å². The predicted octanol–water partition coefficient (Wildman–Crippen LogP) is 2.87. The van der Waals surface area contributed by atoms with Crippen molar-refractivity contribution in [3.05, 3.63) is 12.7 Å². The normalized spacial score (nSPS) is 45.4. The fourth-order valence-electron chi connectivity index (χ4n) is 7.01. The van der Waals surface area contributed by atoms with E-state index < -0.39 is 45.7 Å². The molecule has 3 aliphatic carbocycles. The molecule has 8 heteroatoms. The van der Waals surface area contributed by atoms with Crippen LogP contribution in [-0.2, 0) is 28.6 Å². The molecular weight excluding hydrogens is 420 g/mol. The highest BCUT2D eigenvalue weighted by atomic mass is 32.2. The summed E-state index contributed by atoms with van der Waals surface area (Å²) in [6.07, 6.45) is 4.24. The number of aliphatic hydroxyl groups excluding tert-OH is 1. The fraction of sp³-hybridized carbons (Fsp3) is 0.826. The molecule has 0 saturated heterocycles. The highest BCUT2D eigenvalue weighted by molar-refractivity contribution is 7.86. The molecule has 0 aromatic rings. The first kappa shape index (κ1) is 24.4. The number of rotatable bonds is 5. The summed E-state index contributed by atoms with van der Waals surface area (Å²) >= 11 is 0. The monoisotopic (exact) mass is 456 g/mol. The van der Waals surface area contributed by atoms with Gasteiger partial charge < -0.3 is 9.84 Å². The Kier molecular flexibility index (Phi) is 6.26. The number of ether oxygens (including phenoxy) is 1. The number of esters is 1. The molecule has 8 atom stereocenters. The molecule has 3 fully saturated rings. The number of hydrogen-bond donors (Lipinski definition) is 1. The van der Waals surface area contributed by atoms with E-state index in [0.717, 1.165) is 19.1 Å². The maximum absolute atomic E-state index is 13.3. The van der Waals surface area contributed by atoms with Crippen LogP contribution in [0.4, 0.5) is 0 Å². The zero-order chi connectivity index (χ0) is 23.4. The molecular formula is C23H36O7S. The van der Waals surface area contributed by atoms with Crippen LogP contribution in [0.15, 0.2) is 12.7 Å². The van der Waals surface area contributed by atoms with E-state index in [1.165, 1.54) is 0 Å². The molecule has 0 aromatic heterocycles. The summed E-state index contributed by atoms with van der Waals surface area (Å²) < 4.78 is 33.1. The van der Waals surface area contributed by atoms with Crippen LogP contribution in [0.25, 0.3) is 0 Å². The third-order valence-electron chi connectivity index (χ3n) is 8.85. The van der Waals surface area contributed by atoms with E-state index in [-0.39, 0.29) is 29.0 Å². The maximum Gasteiger partial charge on any atom is 0.333 e. The molecule has 3 aliphatic rings. The summed E-state index contributed by atoms with van der Waals surface area (Å²) in [5.41, 5.74) is -1.72. The van der Waals surface area contributed by atoms with Crippen LogP contribution in [-0.4, -0.2) is 50.3 Å². The molecule has 0 unspecified atom stereocenters. The molecule has 2 bridgehead atoms. The zero-order valence-electron chi connectivity index (χ0n) is 19.2. The Hall–Kier alpha value is -1.25. The van der Waals surface area contributed by atoms with Gasteiger partial charge in [0.1, 0.15) is 11.9 Å². The molecule has 3 saturated carbocycles. The lowest BCUT2D eigenvalue weighted by Gasteiger charge is -2.62. The summed E-state index contributed by atoms with van der Waals surface area (Å²) in [6.45, 7) is 11.4. The molecule has 7 nitrogen and oxygen atoms in total. The van der Waals surface area contributed by atoms with E-state index in [4.69, 9.17) is 4.74 Å². The summed E-state index contributed by atoms with van der Waals surface area (Å²) in [4.78, 5) is 25.8. The van der Waals surface area contributed by atoms with E-state index in [1.54, 1.807) is 6.08 Å². The Labute approximate surface area is 185 Å². The van der Waals surface area contributed by atoms with Crippen LogP contribution in [0, 0.1) is 34.0 Å². The van der Waals surface area contributed by atoms with E-state index in [0.29, 0.717) is 19.3 Å². The summed E-state index contributed by atoms with van der Waals surface area (Å²) in [7, 11) is -3.79. The number of aliphatic hydroxyl groups is 1. The summed E-state index contributed by atoms with van der Waals surface area (Å²) in [5, 5.41) is 11.5. The van der Waals surface area contributed by atoms with E-state index in [9.17, 15) is 23.1 Å². The molecule has 1 N–H and O–H groups in total. The second-order valence-corrected chi connectivity index (χ2v) is 12.2. The van der Waals surface area contributed by atoms with Crippen LogP contribution in [0.3, 0.4) is 0 Å². The Morgan fingerprint density at radius 3 is 2.52 bits per heavy atom. The van der Waals surface area contributed by atoms with Crippen LogP contribution in [0.1, 0.15) is 59.8 Å². The van der Waals surface area contributed by atoms with Crippen molar-refractivity contribution in [1.82, 2.24) is 0 Å². The van der Waals surface area contributed by atoms with Gasteiger partial charge in [-0.3, -0.25) is 8.98 Å². The average Bonchev–Trinajstić information content (AvgIpc) is 3.06. The van der Waals surface area contributed by atoms with Crippen LogP contribution in [0.5, 0.6) is 0 Å². The molecule has 0 aliphatic heterocycles. The molecule has 0 radical (unpaired) electrons. The van der Waals surface area contributed by atoms with Gasteiger partial charge in [0.2, 0.25) is 0 Å². The minimum absolute atomic E-state index is 0.119. The van der Waals surface area contributed by atoms with Crippen molar-refractivity contribution >= 4 is 21.9 Å². The van der Waals surface area contributed by atoms with Crippen LogP contribution in [0.2, 0.25) is 0 Å². The molecule has 0 heterocycles. The quantitative estimate of drug-likeness (QED) is 0.385. The second kappa shape index (κ2) is 7.96. The second-order valence-electron chi connectivity index (χ2n) is 10.5. The molecule has 0 spiro atoms. The third kappa shape index (κ3) is 3.89.